The first kappa shape index (κ1) is 32.8. The van der Waals surface area contributed by atoms with Crippen LogP contribution in [-0.2, 0) is 4.74 Å². The lowest BCUT2D eigenvalue weighted by Crippen LogP contribution is -2.50. The van der Waals surface area contributed by atoms with Gasteiger partial charge in [-0.2, -0.15) is 0 Å². The van der Waals surface area contributed by atoms with E-state index in [-0.39, 0.29) is 11.6 Å². The summed E-state index contributed by atoms with van der Waals surface area (Å²) in [5.41, 5.74) is 1.58. The van der Waals surface area contributed by atoms with Crippen molar-refractivity contribution in [2.24, 2.45) is 0 Å². The van der Waals surface area contributed by atoms with Crippen LogP contribution in [0.3, 0.4) is 0 Å². The summed E-state index contributed by atoms with van der Waals surface area (Å²) < 4.78 is 12.3. The number of fused-ring (bicyclic) bond motifs is 3. The number of pyridine rings is 2. The van der Waals surface area contributed by atoms with E-state index in [1.54, 1.807) is 4.90 Å². The Labute approximate surface area is 286 Å². The van der Waals surface area contributed by atoms with Crippen molar-refractivity contribution in [3.8, 4) is 17.1 Å². The highest BCUT2D eigenvalue weighted by Crippen LogP contribution is 2.43. The molecule has 0 aliphatic carbocycles. The van der Waals surface area contributed by atoms with Crippen LogP contribution >= 0.6 is 11.6 Å². The van der Waals surface area contributed by atoms with Crippen molar-refractivity contribution in [2.45, 2.75) is 63.7 Å². The SMILES string of the molecule is CC(C)(C)OC(=O)N1CCN(c2ccc3c(OCC45CCCN4CCC5)nc(-c4cccc5cccc(Cl)c45)c(C(O)CO)c3n2)CC1. The first-order valence-corrected chi connectivity index (χ1v) is 17.4. The molecule has 2 aromatic carbocycles. The van der Waals surface area contributed by atoms with E-state index < -0.39 is 18.3 Å². The standard InChI is InChI=1S/C37H44ClN5O5/c1-36(2,3)48-35(46)42-20-18-41(19-21-42)29-13-12-26-33(39-29)31(28(45)22-44)32(25-10-4-8-24-9-5-11-27(38)30(24)25)40-34(26)47-23-37-14-6-16-43(37)17-7-15-37/h4-5,8-13,28,44-45H,6-7,14-23H2,1-3H3. The van der Waals surface area contributed by atoms with Crippen molar-refractivity contribution in [3.63, 3.8) is 0 Å². The maximum Gasteiger partial charge on any atom is 0.410 e. The average molecular weight is 674 g/mol. The molecule has 0 bridgehead atoms. The Morgan fingerprint density at radius 1 is 0.979 bits per heavy atom. The second-order valence-electron chi connectivity index (χ2n) is 14.2. The number of amides is 1. The van der Waals surface area contributed by atoms with Crippen LogP contribution in [0.15, 0.2) is 48.5 Å². The third-order valence-corrected chi connectivity index (χ3v) is 10.3. The molecule has 5 heterocycles. The van der Waals surface area contributed by atoms with Gasteiger partial charge in [-0.05, 0) is 83.1 Å². The minimum absolute atomic E-state index is 0.00137. The van der Waals surface area contributed by atoms with Crippen LogP contribution < -0.4 is 9.64 Å². The fourth-order valence-corrected chi connectivity index (χ4v) is 7.94. The van der Waals surface area contributed by atoms with Gasteiger partial charge in [0.15, 0.2) is 0 Å². The molecule has 0 saturated carbocycles. The summed E-state index contributed by atoms with van der Waals surface area (Å²) in [7, 11) is 0. The van der Waals surface area contributed by atoms with Gasteiger partial charge >= 0.3 is 6.09 Å². The Morgan fingerprint density at radius 3 is 2.38 bits per heavy atom. The molecule has 0 radical (unpaired) electrons. The molecule has 254 valence electrons. The largest absolute Gasteiger partial charge is 0.475 e. The number of carbonyl (C=O) groups is 1. The lowest BCUT2D eigenvalue weighted by atomic mass is 9.94. The molecule has 4 aromatic rings. The predicted octanol–water partition coefficient (Wildman–Crippen LogP) is 6.19. The van der Waals surface area contributed by atoms with Gasteiger partial charge in [-0.3, -0.25) is 4.90 Å². The van der Waals surface area contributed by atoms with Gasteiger partial charge in [0.05, 0.1) is 28.7 Å². The van der Waals surface area contributed by atoms with E-state index >= 15 is 0 Å². The minimum atomic E-state index is -1.26. The van der Waals surface area contributed by atoms with Crippen molar-refractivity contribution in [1.29, 1.82) is 0 Å². The lowest BCUT2D eigenvalue weighted by Gasteiger charge is -2.36. The van der Waals surface area contributed by atoms with Crippen LogP contribution in [0, 0.1) is 0 Å². The minimum Gasteiger partial charge on any atom is -0.475 e. The number of nitrogens with zero attached hydrogens (tertiary/aromatic N) is 5. The van der Waals surface area contributed by atoms with Gasteiger partial charge in [0.2, 0.25) is 5.88 Å². The summed E-state index contributed by atoms with van der Waals surface area (Å²) in [4.78, 5) is 29.4. The van der Waals surface area contributed by atoms with Gasteiger partial charge < -0.3 is 29.5 Å². The Balaban J connectivity index is 1.33. The van der Waals surface area contributed by atoms with Crippen LogP contribution in [0.4, 0.5) is 10.6 Å². The summed E-state index contributed by atoms with van der Waals surface area (Å²) in [6.45, 7) is 9.88. The quantitative estimate of drug-likeness (QED) is 0.237. The third-order valence-electron chi connectivity index (χ3n) is 9.99. The van der Waals surface area contributed by atoms with Gasteiger partial charge in [0.25, 0.3) is 0 Å². The van der Waals surface area contributed by atoms with Crippen molar-refractivity contribution in [3.05, 3.63) is 59.1 Å². The molecule has 3 aliphatic heterocycles. The van der Waals surface area contributed by atoms with E-state index in [9.17, 15) is 15.0 Å². The molecule has 0 spiro atoms. The topological polar surface area (TPSA) is 111 Å². The number of halogens is 1. The lowest BCUT2D eigenvalue weighted by molar-refractivity contribution is 0.0240. The molecule has 10 nitrogen and oxygen atoms in total. The highest BCUT2D eigenvalue weighted by molar-refractivity contribution is 6.36. The summed E-state index contributed by atoms with van der Waals surface area (Å²) in [6.07, 6.45) is 2.92. The molecular weight excluding hydrogens is 630 g/mol. The van der Waals surface area contributed by atoms with Gasteiger partial charge in [0.1, 0.15) is 24.1 Å². The van der Waals surface area contributed by atoms with Crippen LogP contribution in [0.1, 0.15) is 58.1 Å². The predicted molar refractivity (Wildman–Crippen MR) is 188 cm³/mol. The molecule has 11 heteroatoms. The number of hydrogen-bond donors (Lipinski definition) is 2. The normalized spacial score (nSPS) is 18.8. The van der Waals surface area contributed by atoms with E-state index in [0.29, 0.717) is 71.7 Å². The zero-order valence-corrected chi connectivity index (χ0v) is 28.7. The van der Waals surface area contributed by atoms with E-state index in [0.717, 1.165) is 55.1 Å². The van der Waals surface area contributed by atoms with Gasteiger partial charge in [-0.1, -0.05) is 41.9 Å². The average Bonchev–Trinajstić information content (AvgIpc) is 3.66. The number of anilines is 1. The number of piperazine rings is 1. The third kappa shape index (κ3) is 6.15. The van der Waals surface area contributed by atoms with E-state index in [2.05, 4.69) is 9.80 Å². The van der Waals surface area contributed by atoms with Crippen LogP contribution in [-0.4, -0.2) is 99.7 Å². The first-order chi connectivity index (χ1) is 23.1. The second kappa shape index (κ2) is 13.0. The number of carbonyl (C=O) groups excluding carboxylic acids is 1. The highest BCUT2D eigenvalue weighted by Gasteiger charge is 2.45. The van der Waals surface area contributed by atoms with Crippen LogP contribution in [0.2, 0.25) is 5.02 Å². The summed E-state index contributed by atoms with van der Waals surface area (Å²) in [5.74, 6) is 1.15. The van der Waals surface area contributed by atoms with Crippen LogP contribution in [0.25, 0.3) is 32.9 Å². The van der Waals surface area contributed by atoms with Crippen molar-refractivity contribution < 1.29 is 24.5 Å². The Bertz CT molecular complexity index is 1820. The molecule has 3 fully saturated rings. The Hall–Kier alpha value is -3.70. The molecule has 3 saturated heterocycles. The number of benzene rings is 2. The van der Waals surface area contributed by atoms with Gasteiger partial charge in [-0.15, -0.1) is 0 Å². The van der Waals surface area contributed by atoms with Crippen molar-refractivity contribution in [2.75, 3.05) is 57.4 Å². The number of rotatable bonds is 7. The number of aliphatic hydroxyl groups is 2. The maximum atomic E-state index is 12.7. The molecular formula is C37H44ClN5O5. The summed E-state index contributed by atoms with van der Waals surface area (Å²) in [5, 5.41) is 24.8. The monoisotopic (exact) mass is 673 g/mol. The molecule has 48 heavy (non-hydrogen) atoms. The Morgan fingerprint density at radius 2 is 1.69 bits per heavy atom. The molecule has 1 unspecified atom stereocenters. The summed E-state index contributed by atoms with van der Waals surface area (Å²) in [6, 6.07) is 15.5. The molecule has 2 aromatic heterocycles. The molecule has 3 aliphatic rings. The number of aliphatic hydroxyl groups excluding tert-OH is 2. The summed E-state index contributed by atoms with van der Waals surface area (Å²) >= 11 is 6.80. The first-order valence-electron chi connectivity index (χ1n) is 17.0. The van der Waals surface area contributed by atoms with Gasteiger partial charge in [-0.25, -0.2) is 14.8 Å². The molecule has 1 atom stereocenters. The van der Waals surface area contributed by atoms with Crippen molar-refractivity contribution >= 4 is 45.2 Å². The van der Waals surface area contributed by atoms with Gasteiger partial charge in [0, 0.05) is 47.7 Å². The number of ether oxygens (including phenoxy) is 2. The maximum absolute atomic E-state index is 12.7. The fourth-order valence-electron chi connectivity index (χ4n) is 7.66. The Kier molecular flexibility index (Phi) is 8.87. The zero-order valence-electron chi connectivity index (χ0n) is 27.9. The highest BCUT2D eigenvalue weighted by atomic mass is 35.5. The van der Waals surface area contributed by atoms with Crippen LogP contribution in [0.5, 0.6) is 5.88 Å². The molecule has 2 N–H and O–H groups in total. The molecule has 7 rings (SSSR count). The molecule has 1 amide bonds. The number of hydrogen-bond acceptors (Lipinski definition) is 9. The smallest absolute Gasteiger partial charge is 0.410 e. The van der Waals surface area contributed by atoms with E-state index in [4.69, 9.17) is 31.0 Å². The van der Waals surface area contributed by atoms with E-state index in [1.807, 2.05) is 69.3 Å². The van der Waals surface area contributed by atoms with E-state index in [1.165, 1.54) is 0 Å². The second-order valence-corrected chi connectivity index (χ2v) is 14.7. The zero-order chi connectivity index (χ0) is 33.6. The van der Waals surface area contributed by atoms with Crippen molar-refractivity contribution in [1.82, 2.24) is 19.8 Å². The fraction of sp³-hybridized carbons (Fsp3) is 0.486. The number of aromatic nitrogens is 2.